The highest BCUT2D eigenvalue weighted by Crippen LogP contribution is 2.22. The van der Waals surface area contributed by atoms with Crippen LogP contribution >= 0.6 is 15.9 Å². The predicted molar refractivity (Wildman–Crippen MR) is 78.8 cm³/mol. The van der Waals surface area contributed by atoms with Crippen LogP contribution in [0.5, 0.6) is 0 Å². The van der Waals surface area contributed by atoms with Crippen LogP contribution in [0.1, 0.15) is 21.5 Å². The van der Waals surface area contributed by atoms with Gasteiger partial charge in [0.05, 0.1) is 10.0 Å². The summed E-state index contributed by atoms with van der Waals surface area (Å²) < 4.78 is 18.8. The number of halogens is 2. The molecule has 0 saturated carbocycles. The Kier molecular flexibility index (Phi) is 4.39. The SMILES string of the molecule is Cc1c(N)cccc1C(=O)OCc1cccc(F)c1Br. The van der Waals surface area contributed by atoms with Crippen LogP contribution in [-0.2, 0) is 11.3 Å². The zero-order chi connectivity index (χ0) is 14.7. The number of anilines is 1. The molecule has 0 aliphatic heterocycles. The van der Waals surface area contributed by atoms with E-state index in [2.05, 4.69) is 15.9 Å². The molecule has 0 heterocycles. The Labute approximate surface area is 124 Å². The maximum Gasteiger partial charge on any atom is 0.338 e. The molecule has 0 bridgehead atoms. The van der Waals surface area contributed by atoms with E-state index in [-0.39, 0.29) is 6.61 Å². The summed E-state index contributed by atoms with van der Waals surface area (Å²) in [5.74, 6) is -0.871. The fourth-order valence-corrected chi connectivity index (χ4v) is 2.13. The minimum atomic E-state index is -0.481. The summed E-state index contributed by atoms with van der Waals surface area (Å²) >= 11 is 3.13. The van der Waals surface area contributed by atoms with Gasteiger partial charge in [-0.05, 0) is 46.6 Å². The number of hydrogen-bond acceptors (Lipinski definition) is 3. The molecule has 0 amide bonds. The Balaban J connectivity index is 2.13. The first kappa shape index (κ1) is 14.5. The fraction of sp³-hybridized carbons (Fsp3) is 0.133. The highest BCUT2D eigenvalue weighted by molar-refractivity contribution is 9.10. The van der Waals surface area contributed by atoms with E-state index >= 15 is 0 Å². The van der Waals surface area contributed by atoms with Gasteiger partial charge >= 0.3 is 5.97 Å². The normalized spacial score (nSPS) is 10.3. The van der Waals surface area contributed by atoms with Gasteiger partial charge in [0, 0.05) is 11.3 Å². The van der Waals surface area contributed by atoms with Crippen molar-refractivity contribution in [2.24, 2.45) is 0 Å². The molecule has 0 aliphatic rings. The molecule has 0 aromatic heterocycles. The molecule has 0 radical (unpaired) electrons. The van der Waals surface area contributed by atoms with E-state index in [9.17, 15) is 9.18 Å². The minimum Gasteiger partial charge on any atom is -0.457 e. The molecule has 2 N–H and O–H groups in total. The van der Waals surface area contributed by atoms with Crippen molar-refractivity contribution in [3.8, 4) is 0 Å². The molecule has 0 saturated heterocycles. The van der Waals surface area contributed by atoms with Crippen LogP contribution in [0.4, 0.5) is 10.1 Å². The van der Waals surface area contributed by atoms with Crippen LogP contribution in [-0.4, -0.2) is 5.97 Å². The summed E-state index contributed by atoms with van der Waals surface area (Å²) in [6.45, 7) is 1.75. The summed E-state index contributed by atoms with van der Waals surface area (Å²) in [5, 5.41) is 0. The molecule has 104 valence electrons. The molecular formula is C15H13BrFNO2. The van der Waals surface area contributed by atoms with Gasteiger partial charge in [0.1, 0.15) is 12.4 Å². The largest absolute Gasteiger partial charge is 0.457 e. The zero-order valence-electron chi connectivity index (χ0n) is 10.8. The molecule has 20 heavy (non-hydrogen) atoms. The van der Waals surface area contributed by atoms with Gasteiger partial charge in [-0.15, -0.1) is 0 Å². The molecule has 0 spiro atoms. The van der Waals surface area contributed by atoms with Gasteiger partial charge < -0.3 is 10.5 Å². The summed E-state index contributed by atoms with van der Waals surface area (Å²) in [6, 6.07) is 9.64. The van der Waals surface area contributed by atoms with Gasteiger partial charge in [-0.1, -0.05) is 18.2 Å². The van der Waals surface area contributed by atoms with E-state index in [4.69, 9.17) is 10.5 Å². The number of nitrogen functional groups attached to an aromatic ring is 1. The quantitative estimate of drug-likeness (QED) is 0.683. The summed E-state index contributed by atoms with van der Waals surface area (Å²) in [6.07, 6.45) is 0. The third-order valence-electron chi connectivity index (χ3n) is 2.99. The molecular weight excluding hydrogens is 325 g/mol. The van der Waals surface area contributed by atoms with Crippen molar-refractivity contribution in [1.82, 2.24) is 0 Å². The number of carbonyl (C=O) groups excluding carboxylic acids is 1. The molecule has 2 rings (SSSR count). The molecule has 3 nitrogen and oxygen atoms in total. The van der Waals surface area contributed by atoms with Crippen LogP contribution in [0, 0.1) is 12.7 Å². The lowest BCUT2D eigenvalue weighted by Crippen LogP contribution is -2.08. The van der Waals surface area contributed by atoms with E-state index in [1.54, 1.807) is 37.3 Å². The third-order valence-corrected chi connectivity index (χ3v) is 3.87. The Morgan fingerprint density at radius 1 is 1.30 bits per heavy atom. The first-order valence-electron chi connectivity index (χ1n) is 5.96. The van der Waals surface area contributed by atoms with E-state index in [1.807, 2.05) is 0 Å². The summed E-state index contributed by atoms with van der Waals surface area (Å²) in [4.78, 5) is 12.0. The standard InChI is InChI=1S/C15H13BrFNO2/c1-9-11(5-3-7-13(9)18)15(19)20-8-10-4-2-6-12(17)14(10)16/h2-7H,8,18H2,1H3. The average molecular weight is 338 g/mol. The summed E-state index contributed by atoms with van der Waals surface area (Å²) in [7, 11) is 0. The van der Waals surface area contributed by atoms with Crippen LogP contribution in [0.3, 0.4) is 0 Å². The smallest absolute Gasteiger partial charge is 0.338 e. The van der Waals surface area contributed by atoms with Gasteiger partial charge in [-0.3, -0.25) is 0 Å². The molecule has 0 fully saturated rings. The van der Waals surface area contributed by atoms with Crippen LogP contribution in [0.2, 0.25) is 0 Å². The van der Waals surface area contributed by atoms with Crippen molar-refractivity contribution in [3.05, 3.63) is 63.4 Å². The Hall–Kier alpha value is -1.88. The maximum atomic E-state index is 13.3. The number of rotatable bonds is 3. The third kappa shape index (κ3) is 2.99. The average Bonchev–Trinajstić information content (AvgIpc) is 2.43. The lowest BCUT2D eigenvalue weighted by Gasteiger charge is -2.10. The highest BCUT2D eigenvalue weighted by Gasteiger charge is 2.13. The number of nitrogens with two attached hydrogens (primary N) is 1. The highest BCUT2D eigenvalue weighted by atomic mass is 79.9. The fourth-order valence-electron chi connectivity index (χ4n) is 1.76. The van der Waals surface area contributed by atoms with Crippen molar-refractivity contribution >= 4 is 27.6 Å². The second kappa shape index (κ2) is 6.05. The van der Waals surface area contributed by atoms with Gasteiger partial charge in [0.25, 0.3) is 0 Å². The molecule has 2 aromatic carbocycles. The zero-order valence-corrected chi connectivity index (χ0v) is 12.4. The molecule has 0 atom stereocenters. The Morgan fingerprint density at radius 3 is 2.75 bits per heavy atom. The van der Waals surface area contributed by atoms with Crippen LogP contribution in [0.25, 0.3) is 0 Å². The van der Waals surface area contributed by atoms with Crippen molar-refractivity contribution in [2.45, 2.75) is 13.5 Å². The number of benzene rings is 2. The lowest BCUT2D eigenvalue weighted by atomic mass is 10.1. The van der Waals surface area contributed by atoms with Crippen molar-refractivity contribution in [3.63, 3.8) is 0 Å². The van der Waals surface area contributed by atoms with Crippen molar-refractivity contribution in [2.75, 3.05) is 5.73 Å². The van der Waals surface area contributed by atoms with Crippen LogP contribution < -0.4 is 5.73 Å². The minimum absolute atomic E-state index is 0.00852. The molecule has 5 heteroatoms. The maximum absolute atomic E-state index is 13.3. The van der Waals surface area contributed by atoms with E-state index in [0.29, 0.717) is 26.9 Å². The van der Waals surface area contributed by atoms with E-state index < -0.39 is 11.8 Å². The van der Waals surface area contributed by atoms with Crippen LogP contribution in [0.15, 0.2) is 40.9 Å². The first-order chi connectivity index (χ1) is 9.50. The number of esters is 1. The van der Waals surface area contributed by atoms with Crippen molar-refractivity contribution < 1.29 is 13.9 Å². The topological polar surface area (TPSA) is 52.3 Å². The molecule has 0 aliphatic carbocycles. The van der Waals surface area contributed by atoms with Gasteiger partial charge in [0.2, 0.25) is 0 Å². The summed E-state index contributed by atoms with van der Waals surface area (Å²) in [5.41, 5.74) is 7.94. The first-order valence-corrected chi connectivity index (χ1v) is 6.75. The van der Waals surface area contributed by atoms with Gasteiger partial charge in [-0.2, -0.15) is 0 Å². The lowest BCUT2D eigenvalue weighted by molar-refractivity contribution is 0.0470. The van der Waals surface area contributed by atoms with E-state index in [1.165, 1.54) is 6.07 Å². The second-order valence-corrected chi connectivity index (χ2v) is 5.10. The molecule has 2 aromatic rings. The number of carbonyl (C=O) groups is 1. The van der Waals surface area contributed by atoms with Gasteiger partial charge in [-0.25, -0.2) is 9.18 Å². The predicted octanol–water partition coefficient (Wildman–Crippen LogP) is 3.84. The Morgan fingerprint density at radius 2 is 2.00 bits per heavy atom. The second-order valence-electron chi connectivity index (χ2n) is 4.31. The van der Waals surface area contributed by atoms with E-state index in [0.717, 1.165) is 0 Å². The van der Waals surface area contributed by atoms with Crippen molar-refractivity contribution in [1.29, 1.82) is 0 Å². The number of hydrogen-bond donors (Lipinski definition) is 1. The Bertz CT molecular complexity index is 658. The molecule has 0 unspecified atom stereocenters. The number of ether oxygens (including phenoxy) is 1. The van der Waals surface area contributed by atoms with Gasteiger partial charge in [0.15, 0.2) is 0 Å². The monoisotopic (exact) mass is 337 g/mol.